The predicted octanol–water partition coefficient (Wildman–Crippen LogP) is 2.84. The number of carbonyl (C=O) groups is 1. The van der Waals surface area contributed by atoms with Crippen LogP contribution in [-0.4, -0.2) is 25.4 Å². The molecule has 0 bridgehead atoms. The van der Waals surface area contributed by atoms with E-state index in [1.165, 1.54) is 0 Å². The van der Waals surface area contributed by atoms with Crippen LogP contribution in [0.3, 0.4) is 0 Å². The number of hydrogen-bond donors (Lipinski definition) is 1. The van der Waals surface area contributed by atoms with Gasteiger partial charge in [-0.2, -0.15) is 0 Å². The Balaban J connectivity index is 3.85. The third-order valence-electron chi connectivity index (χ3n) is 1.70. The van der Waals surface area contributed by atoms with Crippen molar-refractivity contribution in [3.05, 3.63) is 11.8 Å². The lowest BCUT2D eigenvalue weighted by molar-refractivity contribution is 0.0546. The van der Waals surface area contributed by atoms with Crippen LogP contribution in [0.25, 0.3) is 0 Å². The topological polar surface area (TPSA) is 47.6 Å². The van der Waals surface area contributed by atoms with Crippen LogP contribution in [0.4, 0.5) is 4.79 Å². The van der Waals surface area contributed by atoms with E-state index < -0.39 is 11.7 Å². The molecule has 0 aromatic carbocycles. The number of allylic oxidation sites excluding steroid dienone is 2. The second-order valence-corrected chi connectivity index (χ2v) is 4.65. The number of unbranched alkanes of at least 4 members (excludes halogenated alkanes) is 1. The average Bonchev–Trinajstić information content (AvgIpc) is 2.09. The molecule has 0 aliphatic carbocycles. The van der Waals surface area contributed by atoms with Gasteiger partial charge >= 0.3 is 6.09 Å². The summed E-state index contributed by atoms with van der Waals surface area (Å²) in [6, 6.07) is 0. The van der Waals surface area contributed by atoms with Crippen LogP contribution in [0.2, 0.25) is 0 Å². The monoisotopic (exact) mass is 229 g/mol. The summed E-state index contributed by atoms with van der Waals surface area (Å²) >= 11 is 0. The lowest BCUT2D eigenvalue weighted by atomic mass is 10.2. The van der Waals surface area contributed by atoms with Crippen molar-refractivity contribution < 1.29 is 14.3 Å². The van der Waals surface area contributed by atoms with Crippen LogP contribution in [0.1, 0.15) is 40.5 Å². The molecule has 0 aromatic rings. The van der Waals surface area contributed by atoms with Crippen molar-refractivity contribution in [2.75, 3.05) is 13.7 Å². The van der Waals surface area contributed by atoms with Crippen LogP contribution in [-0.2, 0) is 9.47 Å². The molecule has 0 heterocycles. The van der Waals surface area contributed by atoms with Gasteiger partial charge in [-0.1, -0.05) is 6.08 Å². The quantitative estimate of drug-likeness (QED) is 0.737. The zero-order valence-electron chi connectivity index (χ0n) is 10.9. The molecule has 0 unspecified atom stereocenters. The third-order valence-corrected chi connectivity index (χ3v) is 1.70. The molecule has 1 amide bonds. The Hall–Kier alpha value is -1.03. The highest BCUT2D eigenvalue weighted by molar-refractivity contribution is 5.69. The van der Waals surface area contributed by atoms with Gasteiger partial charge in [0.1, 0.15) is 5.60 Å². The van der Waals surface area contributed by atoms with E-state index in [2.05, 4.69) is 5.32 Å². The molecule has 0 aliphatic rings. The van der Waals surface area contributed by atoms with Crippen molar-refractivity contribution in [2.45, 2.75) is 46.1 Å². The summed E-state index contributed by atoms with van der Waals surface area (Å²) < 4.78 is 10.0. The van der Waals surface area contributed by atoms with Gasteiger partial charge in [0.05, 0.1) is 0 Å². The molecule has 16 heavy (non-hydrogen) atoms. The maximum absolute atomic E-state index is 11.4. The van der Waals surface area contributed by atoms with E-state index in [-0.39, 0.29) is 0 Å². The number of alkyl carbamates (subject to hydrolysis) is 1. The van der Waals surface area contributed by atoms with Gasteiger partial charge in [-0.05, 0) is 40.5 Å². The molecule has 0 aromatic heterocycles. The minimum Gasteiger partial charge on any atom is -0.444 e. The molecule has 0 saturated carbocycles. The van der Waals surface area contributed by atoms with Crippen molar-refractivity contribution >= 4 is 6.09 Å². The zero-order chi connectivity index (χ0) is 12.6. The predicted molar refractivity (Wildman–Crippen MR) is 64.2 cm³/mol. The lowest BCUT2D eigenvalue weighted by Gasteiger charge is -2.19. The number of amides is 1. The van der Waals surface area contributed by atoms with Gasteiger partial charge in [-0.15, -0.1) is 0 Å². The average molecular weight is 229 g/mol. The number of ether oxygens (including phenoxy) is 2. The fourth-order valence-electron chi connectivity index (χ4n) is 1.06. The molecule has 0 fully saturated rings. The summed E-state index contributed by atoms with van der Waals surface area (Å²) in [4.78, 5) is 11.4. The van der Waals surface area contributed by atoms with Gasteiger partial charge in [0.25, 0.3) is 0 Å². The SMILES string of the molecule is COCCC/C=C(/C)NC(=O)OC(C)(C)C. The largest absolute Gasteiger partial charge is 0.444 e. The molecule has 94 valence electrons. The van der Waals surface area contributed by atoms with E-state index in [0.717, 1.165) is 25.1 Å². The zero-order valence-corrected chi connectivity index (χ0v) is 10.9. The summed E-state index contributed by atoms with van der Waals surface area (Å²) in [6.45, 7) is 8.09. The molecule has 0 spiro atoms. The minimum atomic E-state index is -0.458. The summed E-state index contributed by atoms with van der Waals surface area (Å²) in [6.07, 6.45) is 3.38. The van der Waals surface area contributed by atoms with Crippen molar-refractivity contribution in [3.63, 3.8) is 0 Å². The first kappa shape index (κ1) is 15.0. The maximum Gasteiger partial charge on any atom is 0.411 e. The Morgan fingerprint density at radius 1 is 1.38 bits per heavy atom. The highest BCUT2D eigenvalue weighted by Gasteiger charge is 2.15. The number of rotatable bonds is 5. The van der Waals surface area contributed by atoms with E-state index >= 15 is 0 Å². The molecule has 0 rings (SSSR count). The Morgan fingerprint density at radius 2 is 2.00 bits per heavy atom. The molecular weight excluding hydrogens is 206 g/mol. The summed E-state index contributed by atoms with van der Waals surface area (Å²) in [5.74, 6) is 0. The first-order chi connectivity index (χ1) is 7.35. The molecule has 0 saturated heterocycles. The second-order valence-electron chi connectivity index (χ2n) is 4.65. The normalized spacial score (nSPS) is 12.4. The Kier molecular flexibility index (Phi) is 6.81. The smallest absolute Gasteiger partial charge is 0.411 e. The summed E-state index contributed by atoms with van der Waals surface area (Å²) in [5, 5.41) is 2.67. The molecular formula is C12H23NO3. The number of methoxy groups -OCH3 is 1. The van der Waals surface area contributed by atoms with Crippen LogP contribution in [0.5, 0.6) is 0 Å². The maximum atomic E-state index is 11.4. The van der Waals surface area contributed by atoms with E-state index in [4.69, 9.17) is 9.47 Å². The highest BCUT2D eigenvalue weighted by Crippen LogP contribution is 2.07. The van der Waals surface area contributed by atoms with E-state index in [0.29, 0.717) is 0 Å². The first-order valence-corrected chi connectivity index (χ1v) is 5.51. The minimum absolute atomic E-state index is 0.409. The van der Waals surface area contributed by atoms with Gasteiger partial charge in [-0.3, -0.25) is 5.32 Å². The van der Waals surface area contributed by atoms with Crippen molar-refractivity contribution in [2.24, 2.45) is 0 Å². The van der Waals surface area contributed by atoms with Crippen LogP contribution in [0, 0.1) is 0 Å². The number of hydrogen-bond acceptors (Lipinski definition) is 3. The molecule has 4 heteroatoms. The Morgan fingerprint density at radius 3 is 2.50 bits per heavy atom. The Labute approximate surface area is 98.0 Å². The van der Waals surface area contributed by atoms with Crippen molar-refractivity contribution in [3.8, 4) is 0 Å². The van der Waals surface area contributed by atoms with Gasteiger partial charge in [-0.25, -0.2) is 4.79 Å². The van der Waals surface area contributed by atoms with E-state index in [1.54, 1.807) is 7.11 Å². The third kappa shape index (κ3) is 9.52. The number of nitrogens with one attached hydrogen (secondary N) is 1. The molecule has 4 nitrogen and oxygen atoms in total. The fourth-order valence-corrected chi connectivity index (χ4v) is 1.06. The van der Waals surface area contributed by atoms with Gasteiger partial charge in [0, 0.05) is 19.4 Å². The molecule has 0 radical (unpaired) electrons. The van der Waals surface area contributed by atoms with Gasteiger partial charge < -0.3 is 9.47 Å². The Bertz CT molecular complexity index is 241. The van der Waals surface area contributed by atoms with E-state index in [9.17, 15) is 4.79 Å². The summed E-state index contributed by atoms with van der Waals surface area (Å²) in [7, 11) is 1.68. The molecule has 1 N–H and O–H groups in total. The van der Waals surface area contributed by atoms with Crippen molar-refractivity contribution in [1.82, 2.24) is 5.32 Å². The van der Waals surface area contributed by atoms with Gasteiger partial charge in [0.2, 0.25) is 0 Å². The first-order valence-electron chi connectivity index (χ1n) is 5.51. The van der Waals surface area contributed by atoms with E-state index in [1.807, 2.05) is 33.8 Å². The standard InChI is InChI=1S/C12H23NO3/c1-10(8-6-7-9-15-5)13-11(14)16-12(2,3)4/h8H,6-7,9H2,1-5H3,(H,13,14)/b10-8-. The number of carbonyl (C=O) groups excluding carboxylic acids is 1. The molecule has 0 atom stereocenters. The molecule has 0 aliphatic heterocycles. The second kappa shape index (κ2) is 7.28. The van der Waals surface area contributed by atoms with Crippen molar-refractivity contribution in [1.29, 1.82) is 0 Å². The van der Waals surface area contributed by atoms with Crippen LogP contribution >= 0.6 is 0 Å². The summed E-state index contributed by atoms with van der Waals surface area (Å²) in [5.41, 5.74) is 0.353. The fraction of sp³-hybridized carbons (Fsp3) is 0.750. The van der Waals surface area contributed by atoms with Crippen LogP contribution in [0.15, 0.2) is 11.8 Å². The van der Waals surface area contributed by atoms with Crippen LogP contribution < -0.4 is 5.32 Å². The lowest BCUT2D eigenvalue weighted by Crippen LogP contribution is -2.31. The highest BCUT2D eigenvalue weighted by atomic mass is 16.6. The van der Waals surface area contributed by atoms with Gasteiger partial charge in [0.15, 0.2) is 0 Å².